The van der Waals surface area contributed by atoms with E-state index in [-0.39, 0.29) is 11.6 Å². The lowest BCUT2D eigenvalue weighted by Crippen LogP contribution is -2.48. The molecule has 30 heavy (non-hydrogen) atoms. The van der Waals surface area contributed by atoms with E-state index in [2.05, 4.69) is 25.4 Å². The molecule has 0 spiro atoms. The van der Waals surface area contributed by atoms with Crippen LogP contribution in [0.3, 0.4) is 0 Å². The number of alkyl halides is 2. The second-order valence-corrected chi connectivity index (χ2v) is 9.06. The van der Waals surface area contributed by atoms with Crippen LogP contribution < -0.4 is 10.5 Å². The number of nitrogens with two attached hydrogens (primary N) is 1. The van der Waals surface area contributed by atoms with E-state index in [1.54, 1.807) is 6.20 Å². The molecule has 2 aromatic rings. The van der Waals surface area contributed by atoms with E-state index in [1.807, 2.05) is 0 Å². The molecule has 0 radical (unpaired) electrons. The quantitative estimate of drug-likeness (QED) is 0.746. The molecule has 6 rings (SSSR count). The largest absolute Gasteiger partial charge is 0.431 e. The van der Waals surface area contributed by atoms with Crippen LogP contribution in [0.15, 0.2) is 18.3 Å². The van der Waals surface area contributed by atoms with Gasteiger partial charge in [0.2, 0.25) is 0 Å². The number of fused-ring (bicyclic) bond motifs is 1. The van der Waals surface area contributed by atoms with Gasteiger partial charge in [-0.3, -0.25) is 9.58 Å². The van der Waals surface area contributed by atoms with Crippen LogP contribution in [0.25, 0.3) is 11.3 Å². The van der Waals surface area contributed by atoms with Crippen molar-refractivity contribution < 1.29 is 18.3 Å². The van der Waals surface area contributed by atoms with Crippen molar-refractivity contribution in [2.24, 2.45) is 17.8 Å². The number of hydrogen-bond donors (Lipinski definition) is 1. The average Bonchev–Trinajstić information content (AvgIpc) is 3.50. The normalized spacial score (nSPS) is 28.6. The van der Waals surface area contributed by atoms with Gasteiger partial charge in [0.1, 0.15) is 0 Å². The minimum absolute atomic E-state index is 0.0477. The van der Waals surface area contributed by atoms with Crippen molar-refractivity contribution in [1.29, 1.82) is 0 Å². The van der Waals surface area contributed by atoms with Gasteiger partial charge in [0, 0.05) is 43.0 Å². The Morgan fingerprint density at radius 1 is 1.20 bits per heavy atom. The minimum Gasteiger partial charge on any atom is -0.431 e. The van der Waals surface area contributed by atoms with E-state index in [1.165, 1.54) is 24.6 Å². The number of halogens is 2. The average molecular weight is 417 g/mol. The number of nitrogen functional groups attached to an aromatic ring is 1. The number of anilines is 1. The standard InChI is InChI=1S/C21H25F2N5O2/c22-21(23)30-18-3-12(5-25-20(18)24)16-4-17(28(26-16)6-11-1-2-11)19-14-7-27(8-15(14)19)13-9-29-10-13/h3-5,11,13-15,19,21H,1-2,6-10H2,(H2,24,25)/t14-,15+,19-. The SMILES string of the molecule is Nc1ncc(-c2cc([C@@H]3[C@@H]4CN(C5COC5)C[C@@H]43)n(CC3CC3)n2)cc1OC(F)F. The number of ether oxygens (including phenoxy) is 2. The molecule has 2 saturated heterocycles. The fraction of sp³-hybridized carbons (Fsp3) is 0.619. The zero-order valence-electron chi connectivity index (χ0n) is 16.6. The molecule has 4 fully saturated rings. The maximum Gasteiger partial charge on any atom is 0.387 e. The van der Waals surface area contributed by atoms with E-state index >= 15 is 0 Å². The van der Waals surface area contributed by atoms with Crippen LogP contribution in [0.2, 0.25) is 0 Å². The minimum atomic E-state index is -2.94. The van der Waals surface area contributed by atoms with Crippen molar-refractivity contribution in [3.63, 3.8) is 0 Å². The summed E-state index contributed by atoms with van der Waals surface area (Å²) in [5.41, 5.74) is 8.35. The van der Waals surface area contributed by atoms with Crippen molar-refractivity contribution in [1.82, 2.24) is 19.7 Å². The lowest BCUT2D eigenvalue weighted by atomic mass is 10.1. The smallest absolute Gasteiger partial charge is 0.387 e. The first-order valence-corrected chi connectivity index (χ1v) is 10.7. The van der Waals surface area contributed by atoms with E-state index in [4.69, 9.17) is 15.6 Å². The van der Waals surface area contributed by atoms with Crippen molar-refractivity contribution in [3.05, 3.63) is 24.0 Å². The maximum atomic E-state index is 12.7. The Morgan fingerprint density at radius 2 is 1.97 bits per heavy atom. The predicted molar refractivity (Wildman–Crippen MR) is 105 cm³/mol. The van der Waals surface area contributed by atoms with Gasteiger partial charge in [0.15, 0.2) is 11.6 Å². The van der Waals surface area contributed by atoms with Crippen LogP contribution in [-0.4, -0.2) is 58.6 Å². The molecule has 4 heterocycles. The summed E-state index contributed by atoms with van der Waals surface area (Å²) in [5.74, 6) is 2.42. The van der Waals surface area contributed by atoms with Gasteiger partial charge in [-0.1, -0.05) is 0 Å². The molecule has 0 unspecified atom stereocenters. The molecule has 9 heteroatoms. The van der Waals surface area contributed by atoms with Crippen molar-refractivity contribution >= 4 is 5.82 Å². The molecular weight excluding hydrogens is 392 g/mol. The van der Waals surface area contributed by atoms with Crippen molar-refractivity contribution in [3.8, 4) is 17.0 Å². The van der Waals surface area contributed by atoms with Crippen LogP contribution in [0, 0.1) is 17.8 Å². The first kappa shape index (κ1) is 18.5. The maximum absolute atomic E-state index is 12.7. The second kappa shape index (κ2) is 6.88. The molecule has 2 saturated carbocycles. The topological polar surface area (TPSA) is 78.4 Å². The summed E-state index contributed by atoms with van der Waals surface area (Å²) in [6, 6.07) is 4.22. The van der Waals surface area contributed by atoms with Gasteiger partial charge in [-0.15, -0.1) is 0 Å². The number of rotatable bonds is 7. The third-order valence-corrected chi connectivity index (χ3v) is 7.03. The fourth-order valence-electron chi connectivity index (χ4n) is 5.05. The Morgan fingerprint density at radius 3 is 2.60 bits per heavy atom. The highest BCUT2D eigenvalue weighted by Crippen LogP contribution is 2.59. The molecule has 2 aromatic heterocycles. The lowest BCUT2D eigenvalue weighted by molar-refractivity contribution is -0.0610. The third-order valence-electron chi connectivity index (χ3n) is 7.03. The summed E-state index contributed by atoms with van der Waals surface area (Å²) < 4.78 is 37.4. The van der Waals surface area contributed by atoms with Gasteiger partial charge in [-0.25, -0.2) is 4.98 Å². The van der Waals surface area contributed by atoms with Crippen LogP contribution in [0.1, 0.15) is 24.5 Å². The van der Waals surface area contributed by atoms with Gasteiger partial charge in [-0.05, 0) is 42.7 Å². The molecule has 0 bridgehead atoms. The zero-order chi connectivity index (χ0) is 20.4. The van der Waals surface area contributed by atoms with Crippen LogP contribution >= 0.6 is 0 Å². The summed E-state index contributed by atoms with van der Waals surface area (Å²) in [4.78, 5) is 6.60. The van der Waals surface area contributed by atoms with E-state index in [0.717, 1.165) is 38.5 Å². The zero-order valence-corrected chi connectivity index (χ0v) is 16.6. The summed E-state index contributed by atoms with van der Waals surface area (Å²) in [6.07, 6.45) is 4.07. The van der Waals surface area contributed by atoms with E-state index in [0.29, 0.717) is 35.3 Å². The van der Waals surface area contributed by atoms with Gasteiger partial charge in [0.05, 0.1) is 24.9 Å². The van der Waals surface area contributed by atoms with Crippen LogP contribution in [0.5, 0.6) is 5.75 Å². The molecule has 2 aliphatic carbocycles. The van der Waals surface area contributed by atoms with Crippen molar-refractivity contribution in [2.75, 3.05) is 32.0 Å². The lowest BCUT2D eigenvalue weighted by Gasteiger charge is -2.35. The molecule has 3 atom stereocenters. The highest BCUT2D eigenvalue weighted by molar-refractivity contribution is 5.64. The van der Waals surface area contributed by atoms with Gasteiger partial charge in [-0.2, -0.15) is 13.9 Å². The highest BCUT2D eigenvalue weighted by Gasteiger charge is 2.58. The summed E-state index contributed by atoms with van der Waals surface area (Å²) in [6.45, 7) is 1.96. The Balaban J connectivity index is 1.26. The van der Waals surface area contributed by atoms with Gasteiger partial charge >= 0.3 is 6.61 Å². The van der Waals surface area contributed by atoms with Crippen LogP contribution in [0.4, 0.5) is 14.6 Å². The Hall–Kier alpha value is -2.26. The molecule has 7 nitrogen and oxygen atoms in total. The molecule has 2 N–H and O–H groups in total. The molecular formula is C21H25F2N5O2. The number of hydrogen-bond acceptors (Lipinski definition) is 6. The summed E-state index contributed by atoms with van der Waals surface area (Å²) in [7, 11) is 0. The first-order chi connectivity index (χ1) is 14.6. The Labute approximate surface area is 173 Å². The molecule has 0 amide bonds. The molecule has 2 aliphatic heterocycles. The Kier molecular flexibility index (Phi) is 4.24. The number of aromatic nitrogens is 3. The highest BCUT2D eigenvalue weighted by atomic mass is 19.3. The van der Waals surface area contributed by atoms with E-state index < -0.39 is 6.61 Å². The molecule has 0 aromatic carbocycles. The number of nitrogens with zero attached hydrogens (tertiary/aromatic N) is 4. The number of likely N-dealkylation sites (tertiary alicyclic amines) is 1. The first-order valence-electron chi connectivity index (χ1n) is 10.7. The van der Waals surface area contributed by atoms with Crippen LogP contribution in [-0.2, 0) is 11.3 Å². The van der Waals surface area contributed by atoms with Gasteiger partial charge in [0.25, 0.3) is 0 Å². The van der Waals surface area contributed by atoms with Crippen molar-refractivity contribution in [2.45, 2.75) is 38.0 Å². The van der Waals surface area contributed by atoms with Gasteiger partial charge < -0.3 is 15.2 Å². The fourth-order valence-corrected chi connectivity index (χ4v) is 5.05. The summed E-state index contributed by atoms with van der Waals surface area (Å²) >= 11 is 0. The Bertz CT molecular complexity index is 947. The van der Waals surface area contributed by atoms with E-state index in [9.17, 15) is 8.78 Å². The number of piperidine rings is 1. The monoisotopic (exact) mass is 417 g/mol. The summed E-state index contributed by atoms with van der Waals surface area (Å²) in [5, 5.41) is 4.84. The third kappa shape index (κ3) is 3.24. The predicted octanol–water partition coefficient (Wildman–Crippen LogP) is 2.58. The molecule has 160 valence electrons. The number of pyridine rings is 1. The second-order valence-electron chi connectivity index (χ2n) is 9.06. The molecule has 4 aliphatic rings.